The van der Waals surface area contributed by atoms with Crippen molar-refractivity contribution in [1.29, 1.82) is 0 Å². The Labute approximate surface area is 152 Å². The molecule has 3 aromatic carbocycles. The summed E-state index contributed by atoms with van der Waals surface area (Å²) in [7, 11) is 0. The highest BCUT2D eigenvalue weighted by Gasteiger charge is 2.08. The molecule has 128 valence electrons. The van der Waals surface area contributed by atoms with Crippen LogP contribution in [-0.2, 0) is 0 Å². The molecule has 0 bridgehead atoms. The zero-order valence-corrected chi connectivity index (χ0v) is 14.6. The molecular formula is C22H20N4. The van der Waals surface area contributed by atoms with Gasteiger partial charge in [-0.15, -0.1) is 0 Å². The van der Waals surface area contributed by atoms with E-state index in [0.29, 0.717) is 5.69 Å². The molecule has 0 saturated heterocycles. The molecule has 1 aromatic heterocycles. The van der Waals surface area contributed by atoms with Gasteiger partial charge < -0.3 is 10.7 Å². The van der Waals surface area contributed by atoms with Crippen LogP contribution in [0.15, 0.2) is 71.7 Å². The fourth-order valence-corrected chi connectivity index (χ4v) is 2.96. The molecule has 4 nitrogen and oxygen atoms in total. The first kappa shape index (κ1) is 16.1. The van der Waals surface area contributed by atoms with Gasteiger partial charge in [0.2, 0.25) is 0 Å². The second kappa shape index (κ2) is 6.84. The SMILES string of the molecule is CC/C=N/c1ccc(-c2ccc3[nH]c(-c4ccccc4)nc3c2)cc1N. The van der Waals surface area contributed by atoms with Crippen molar-refractivity contribution in [3.05, 3.63) is 66.7 Å². The normalized spacial score (nSPS) is 11.4. The van der Waals surface area contributed by atoms with Crippen LogP contribution >= 0.6 is 0 Å². The van der Waals surface area contributed by atoms with Gasteiger partial charge in [0.05, 0.1) is 22.4 Å². The summed E-state index contributed by atoms with van der Waals surface area (Å²) in [5.41, 5.74) is 12.8. The second-order valence-corrected chi connectivity index (χ2v) is 6.18. The fourth-order valence-electron chi connectivity index (χ4n) is 2.96. The first-order valence-electron chi connectivity index (χ1n) is 8.72. The number of aromatic nitrogens is 2. The van der Waals surface area contributed by atoms with Crippen molar-refractivity contribution >= 4 is 28.6 Å². The minimum absolute atomic E-state index is 0.680. The number of hydrogen-bond acceptors (Lipinski definition) is 3. The predicted molar refractivity (Wildman–Crippen MR) is 110 cm³/mol. The number of imidazole rings is 1. The number of nitrogens with one attached hydrogen (secondary N) is 1. The van der Waals surface area contributed by atoms with E-state index >= 15 is 0 Å². The molecule has 4 rings (SSSR count). The Morgan fingerprint density at radius 3 is 2.50 bits per heavy atom. The van der Waals surface area contributed by atoms with Gasteiger partial charge in [0, 0.05) is 11.8 Å². The van der Waals surface area contributed by atoms with Crippen LogP contribution in [0.25, 0.3) is 33.5 Å². The van der Waals surface area contributed by atoms with Crippen molar-refractivity contribution in [2.24, 2.45) is 4.99 Å². The summed E-state index contributed by atoms with van der Waals surface area (Å²) in [6, 6.07) is 22.3. The number of aromatic amines is 1. The van der Waals surface area contributed by atoms with Crippen molar-refractivity contribution < 1.29 is 0 Å². The summed E-state index contributed by atoms with van der Waals surface area (Å²) in [6.45, 7) is 2.05. The maximum absolute atomic E-state index is 6.16. The highest BCUT2D eigenvalue weighted by atomic mass is 14.9. The Morgan fingerprint density at radius 1 is 0.962 bits per heavy atom. The number of benzene rings is 3. The highest BCUT2D eigenvalue weighted by molar-refractivity contribution is 5.86. The Bertz CT molecular complexity index is 1080. The van der Waals surface area contributed by atoms with E-state index in [-0.39, 0.29) is 0 Å². The van der Waals surface area contributed by atoms with Crippen LogP contribution < -0.4 is 5.73 Å². The zero-order chi connectivity index (χ0) is 17.9. The molecule has 1 heterocycles. The number of aliphatic imine (C=N–C) groups is 1. The maximum Gasteiger partial charge on any atom is 0.138 e. The Morgan fingerprint density at radius 2 is 1.73 bits per heavy atom. The van der Waals surface area contributed by atoms with Gasteiger partial charge in [-0.2, -0.15) is 0 Å². The van der Waals surface area contributed by atoms with Gasteiger partial charge in [-0.1, -0.05) is 49.4 Å². The molecule has 3 N–H and O–H groups in total. The van der Waals surface area contributed by atoms with E-state index in [4.69, 9.17) is 10.7 Å². The van der Waals surface area contributed by atoms with E-state index in [1.54, 1.807) is 0 Å². The van der Waals surface area contributed by atoms with Gasteiger partial charge in [-0.25, -0.2) is 4.98 Å². The van der Waals surface area contributed by atoms with Crippen LogP contribution in [0, 0.1) is 0 Å². The summed E-state index contributed by atoms with van der Waals surface area (Å²) in [6.07, 6.45) is 2.76. The van der Waals surface area contributed by atoms with Crippen LogP contribution in [-0.4, -0.2) is 16.2 Å². The maximum atomic E-state index is 6.16. The zero-order valence-electron chi connectivity index (χ0n) is 14.6. The third-order valence-corrected chi connectivity index (χ3v) is 4.30. The number of hydrogen-bond donors (Lipinski definition) is 2. The lowest BCUT2D eigenvalue weighted by molar-refractivity contribution is 1.31. The Balaban J connectivity index is 1.71. The molecule has 0 saturated carbocycles. The highest BCUT2D eigenvalue weighted by Crippen LogP contribution is 2.30. The molecule has 0 unspecified atom stereocenters. The van der Waals surface area contributed by atoms with Gasteiger partial charge in [-0.3, -0.25) is 4.99 Å². The Hall–Kier alpha value is -3.40. The van der Waals surface area contributed by atoms with Crippen LogP contribution in [0.1, 0.15) is 13.3 Å². The van der Waals surface area contributed by atoms with Gasteiger partial charge in [-0.05, 0) is 41.8 Å². The molecule has 0 spiro atoms. The lowest BCUT2D eigenvalue weighted by Gasteiger charge is -2.05. The van der Waals surface area contributed by atoms with E-state index in [1.165, 1.54) is 0 Å². The lowest BCUT2D eigenvalue weighted by Crippen LogP contribution is -1.87. The average molecular weight is 340 g/mol. The van der Waals surface area contributed by atoms with Crippen molar-refractivity contribution in [3.8, 4) is 22.5 Å². The Kier molecular flexibility index (Phi) is 4.23. The number of nitrogens with two attached hydrogens (primary N) is 1. The topological polar surface area (TPSA) is 67.1 Å². The van der Waals surface area contributed by atoms with E-state index in [0.717, 1.165) is 45.7 Å². The van der Waals surface area contributed by atoms with Crippen LogP contribution in [0.2, 0.25) is 0 Å². The first-order chi connectivity index (χ1) is 12.7. The molecule has 26 heavy (non-hydrogen) atoms. The molecule has 4 heteroatoms. The number of rotatable bonds is 4. The van der Waals surface area contributed by atoms with Crippen molar-refractivity contribution in [2.45, 2.75) is 13.3 Å². The third-order valence-electron chi connectivity index (χ3n) is 4.30. The predicted octanol–water partition coefficient (Wildman–Crippen LogP) is 5.59. The molecule has 0 amide bonds. The first-order valence-corrected chi connectivity index (χ1v) is 8.72. The van der Waals surface area contributed by atoms with E-state index in [9.17, 15) is 0 Å². The average Bonchev–Trinajstić information content (AvgIpc) is 3.11. The van der Waals surface area contributed by atoms with E-state index < -0.39 is 0 Å². The standard InChI is InChI=1S/C22H20N4/c1-2-12-24-19-10-8-16(13-18(19)23)17-9-11-20-21(14-17)26-22(25-20)15-6-4-3-5-7-15/h3-14H,2,23H2,1H3,(H,25,26)/b24-12+. The molecule has 0 atom stereocenters. The van der Waals surface area contributed by atoms with Crippen molar-refractivity contribution in [3.63, 3.8) is 0 Å². The fraction of sp³-hybridized carbons (Fsp3) is 0.0909. The van der Waals surface area contributed by atoms with Gasteiger partial charge in [0.25, 0.3) is 0 Å². The van der Waals surface area contributed by atoms with E-state index in [2.05, 4.69) is 47.2 Å². The molecular weight excluding hydrogens is 320 g/mol. The molecule has 0 radical (unpaired) electrons. The number of fused-ring (bicyclic) bond motifs is 1. The van der Waals surface area contributed by atoms with E-state index in [1.807, 2.05) is 42.6 Å². The van der Waals surface area contributed by atoms with Crippen molar-refractivity contribution in [2.75, 3.05) is 5.73 Å². The van der Waals surface area contributed by atoms with Crippen LogP contribution in [0.5, 0.6) is 0 Å². The molecule has 0 fully saturated rings. The summed E-state index contributed by atoms with van der Waals surface area (Å²) in [5.74, 6) is 0.876. The molecule has 0 aliphatic carbocycles. The minimum Gasteiger partial charge on any atom is -0.397 e. The van der Waals surface area contributed by atoms with Gasteiger partial charge in [0.1, 0.15) is 5.82 Å². The molecule has 0 aliphatic heterocycles. The summed E-state index contributed by atoms with van der Waals surface area (Å²) in [5, 5.41) is 0. The lowest BCUT2D eigenvalue weighted by atomic mass is 10.0. The number of anilines is 1. The quantitative estimate of drug-likeness (QED) is 0.375. The monoisotopic (exact) mass is 340 g/mol. The number of H-pyrrole nitrogens is 1. The van der Waals surface area contributed by atoms with Gasteiger partial charge >= 0.3 is 0 Å². The molecule has 4 aromatic rings. The number of nitrogens with zero attached hydrogens (tertiary/aromatic N) is 2. The molecule has 0 aliphatic rings. The largest absolute Gasteiger partial charge is 0.397 e. The van der Waals surface area contributed by atoms with Crippen LogP contribution in [0.3, 0.4) is 0 Å². The third kappa shape index (κ3) is 3.09. The summed E-state index contributed by atoms with van der Waals surface area (Å²) < 4.78 is 0. The summed E-state index contributed by atoms with van der Waals surface area (Å²) >= 11 is 0. The second-order valence-electron chi connectivity index (χ2n) is 6.18. The van der Waals surface area contributed by atoms with Crippen LogP contribution in [0.4, 0.5) is 11.4 Å². The number of nitrogen functional groups attached to an aromatic ring is 1. The smallest absolute Gasteiger partial charge is 0.138 e. The summed E-state index contributed by atoms with van der Waals surface area (Å²) in [4.78, 5) is 12.5. The minimum atomic E-state index is 0.680. The van der Waals surface area contributed by atoms with Gasteiger partial charge in [0.15, 0.2) is 0 Å². The van der Waals surface area contributed by atoms with Crippen molar-refractivity contribution in [1.82, 2.24) is 9.97 Å².